The van der Waals surface area contributed by atoms with Crippen LogP contribution in [0.3, 0.4) is 0 Å². The molecule has 1 heterocycles. The number of carbonyl (C=O) groups is 1. The third-order valence-corrected chi connectivity index (χ3v) is 3.94. The number of halogens is 1. The van der Waals surface area contributed by atoms with Gasteiger partial charge >= 0.3 is 0 Å². The van der Waals surface area contributed by atoms with Crippen molar-refractivity contribution in [3.63, 3.8) is 0 Å². The maximum atomic E-state index is 13.7. The second kappa shape index (κ2) is 8.06. The number of hydrogen-bond acceptors (Lipinski definition) is 3. The summed E-state index contributed by atoms with van der Waals surface area (Å²) in [4.78, 5) is 16.1. The molecule has 1 aromatic rings. The quantitative estimate of drug-likeness (QED) is 0.817. The zero-order chi connectivity index (χ0) is 15.9. The highest BCUT2D eigenvalue weighted by Gasteiger charge is 2.24. The van der Waals surface area contributed by atoms with E-state index >= 15 is 0 Å². The van der Waals surface area contributed by atoms with Gasteiger partial charge in [0.15, 0.2) is 0 Å². The molecular formula is C17H23FN2O2. The van der Waals surface area contributed by atoms with Crippen LogP contribution in [-0.4, -0.2) is 59.6 Å². The summed E-state index contributed by atoms with van der Waals surface area (Å²) in [6.07, 6.45) is 2.94. The highest BCUT2D eigenvalue weighted by Crippen LogP contribution is 2.13. The van der Waals surface area contributed by atoms with Crippen molar-refractivity contribution in [3.8, 4) is 0 Å². The van der Waals surface area contributed by atoms with E-state index in [9.17, 15) is 14.3 Å². The van der Waals surface area contributed by atoms with Crippen LogP contribution in [0.2, 0.25) is 0 Å². The van der Waals surface area contributed by atoms with Crippen LogP contribution >= 0.6 is 0 Å². The fourth-order valence-electron chi connectivity index (χ4n) is 2.64. The molecule has 2 rings (SSSR count). The molecule has 0 bridgehead atoms. The van der Waals surface area contributed by atoms with E-state index < -0.39 is 5.82 Å². The van der Waals surface area contributed by atoms with Crippen LogP contribution < -0.4 is 0 Å². The Balaban J connectivity index is 1.83. The maximum Gasteiger partial charge on any atom is 0.256 e. The molecule has 0 aromatic heterocycles. The number of benzene rings is 1. The Morgan fingerprint density at radius 2 is 2.00 bits per heavy atom. The van der Waals surface area contributed by atoms with E-state index in [-0.39, 0.29) is 17.6 Å². The molecule has 1 aromatic carbocycles. The van der Waals surface area contributed by atoms with Gasteiger partial charge in [-0.05, 0) is 25.0 Å². The number of hydrogen-bond donors (Lipinski definition) is 1. The summed E-state index contributed by atoms with van der Waals surface area (Å²) in [6, 6.07) is 6.07. The molecule has 1 amide bonds. The minimum absolute atomic E-state index is 0.127. The monoisotopic (exact) mass is 306 g/mol. The first-order valence-corrected chi connectivity index (χ1v) is 7.67. The molecule has 1 unspecified atom stereocenters. The Morgan fingerprint density at radius 3 is 2.64 bits per heavy atom. The lowest BCUT2D eigenvalue weighted by Crippen LogP contribution is -2.50. The first-order chi connectivity index (χ1) is 10.6. The minimum Gasteiger partial charge on any atom is -0.392 e. The van der Waals surface area contributed by atoms with Crippen LogP contribution in [0.25, 0.3) is 0 Å². The molecule has 1 aliphatic rings. The lowest BCUT2D eigenvalue weighted by molar-refractivity contribution is 0.0514. The topological polar surface area (TPSA) is 43.8 Å². The molecule has 0 spiro atoms. The molecule has 0 saturated carbocycles. The smallest absolute Gasteiger partial charge is 0.256 e. The average Bonchev–Trinajstić information content (AvgIpc) is 2.53. The van der Waals surface area contributed by atoms with Crippen molar-refractivity contribution >= 4 is 5.91 Å². The summed E-state index contributed by atoms with van der Waals surface area (Å²) in [5.41, 5.74) is 0.127. The predicted molar refractivity (Wildman–Crippen MR) is 84.2 cm³/mol. The molecule has 5 heteroatoms. The Hall–Kier alpha value is -1.72. The second-order valence-electron chi connectivity index (χ2n) is 5.59. The van der Waals surface area contributed by atoms with Gasteiger partial charge in [-0.3, -0.25) is 9.69 Å². The molecule has 22 heavy (non-hydrogen) atoms. The largest absolute Gasteiger partial charge is 0.392 e. The van der Waals surface area contributed by atoms with Crippen molar-refractivity contribution in [2.45, 2.75) is 18.9 Å². The second-order valence-corrected chi connectivity index (χ2v) is 5.59. The van der Waals surface area contributed by atoms with Crippen molar-refractivity contribution in [3.05, 3.63) is 48.3 Å². The highest BCUT2D eigenvalue weighted by atomic mass is 19.1. The van der Waals surface area contributed by atoms with Crippen molar-refractivity contribution in [1.82, 2.24) is 9.80 Å². The normalized spacial score (nSPS) is 17.3. The zero-order valence-corrected chi connectivity index (χ0v) is 12.7. The fraction of sp³-hybridized carbons (Fsp3) is 0.471. The third kappa shape index (κ3) is 4.39. The van der Waals surface area contributed by atoms with Gasteiger partial charge in [-0.2, -0.15) is 0 Å². The summed E-state index contributed by atoms with van der Waals surface area (Å²) in [6.45, 7) is 6.77. The van der Waals surface area contributed by atoms with Crippen LogP contribution in [0, 0.1) is 5.82 Å². The van der Waals surface area contributed by atoms with Crippen LogP contribution in [0.4, 0.5) is 4.39 Å². The summed E-state index contributed by atoms with van der Waals surface area (Å²) in [7, 11) is 0. The summed E-state index contributed by atoms with van der Waals surface area (Å²) >= 11 is 0. The van der Waals surface area contributed by atoms with Crippen molar-refractivity contribution in [2.24, 2.45) is 0 Å². The highest BCUT2D eigenvalue weighted by molar-refractivity contribution is 5.94. The van der Waals surface area contributed by atoms with E-state index in [1.807, 2.05) is 0 Å². The number of allylic oxidation sites excluding steroid dienone is 1. The van der Waals surface area contributed by atoms with Crippen molar-refractivity contribution in [1.29, 1.82) is 0 Å². The lowest BCUT2D eigenvalue weighted by Gasteiger charge is -2.35. The van der Waals surface area contributed by atoms with Crippen LogP contribution in [0.15, 0.2) is 36.9 Å². The molecule has 1 aliphatic heterocycles. The van der Waals surface area contributed by atoms with E-state index in [0.717, 1.165) is 6.42 Å². The summed E-state index contributed by atoms with van der Waals surface area (Å²) < 4.78 is 13.7. The molecule has 1 N–H and O–H groups in total. The van der Waals surface area contributed by atoms with Gasteiger partial charge in [-0.15, -0.1) is 6.58 Å². The first-order valence-electron chi connectivity index (χ1n) is 7.67. The Morgan fingerprint density at radius 1 is 1.32 bits per heavy atom. The lowest BCUT2D eigenvalue weighted by atomic mass is 10.1. The van der Waals surface area contributed by atoms with Gasteiger partial charge in [0.05, 0.1) is 11.7 Å². The molecular weight excluding hydrogens is 283 g/mol. The standard InChI is InChI=1S/C17H23FN2O2/c1-2-3-6-14(21)13-19-9-11-20(12-10-19)17(22)15-7-4-5-8-16(15)18/h2,4-5,7-8,14,21H,1,3,6,9-13H2. The SMILES string of the molecule is C=CCCC(O)CN1CCN(C(=O)c2ccccc2F)CC1. The number of piperazine rings is 1. The Labute approximate surface area is 130 Å². The van der Waals surface area contributed by atoms with Crippen LogP contribution in [-0.2, 0) is 0 Å². The molecule has 120 valence electrons. The Bertz CT molecular complexity index is 513. The van der Waals surface area contributed by atoms with Crippen LogP contribution in [0.1, 0.15) is 23.2 Å². The summed E-state index contributed by atoms with van der Waals surface area (Å²) in [5, 5.41) is 9.90. The molecule has 0 aliphatic carbocycles. The van der Waals surface area contributed by atoms with E-state index in [4.69, 9.17) is 0 Å². The number of aliphatic hydroxyl groups excluding tert-OH is 1. The maximum absolute atomic E-state index is 13.7. The minimum atomic E-state index is -0.477. The van der Waals surface area contributed by atoms with Gasteiger partial charge in [-0.1, -0.05) is 18.2 Å². The average molecular weight is 306 g/mol. The number of β-amino-alcohol motifs (C(OH)–C–C–N with tert-alkyl or cyclic N) is 1. The van der Waals surface area contributed by atoms with Gasteiger partial charge in [0.1, 0.15) is 5.82 Å². The predicted octanol–water partition coefficient (Wildman–Crippen LogP) is 1.91. The van der Waals surface area contributed by atoms with Crippen molar-refractivity contribution in [2.75, 3.05) is 32.7 Å². The van der Waals surface area contributed by atoms with Gasteiger partial charge in [0.2, 0.25) is 0 Å². The molecule has 1 fully saturated rings. The van der Waals surface area contributed by atoms with Gasteiger partial charge in [-0.25, -0.2) is 4.39 Å². The zero-order valence-electron chi connectivity index (χ0n) is 12.7. The molecule has 4 nitrogen and oxygen atoms in total. The number of amides is 1. The van der Waals surface area contributed by atoms with Gasteiger partial charge in [0.25, 0.3) is 5.91 Å². The molecule has 0 radical (unpaired) electrons. The van der Waals surface area contributed by atoms with Gasteiger partial charge in [0, 0.05) is 32.7 Å². The van der Waals surface area contributed by atoms with Gasteiger partial charge < -0.3 is 10.0 Å². The van der Waals surface area contributed by atoms with E-state index in [2.05, 4.69) is 11.5 Å². The molecule has 1 atom stereocenters. The van der Waals surface area contributed by atoms with E-state index in [1.54, 1.807) is 23.1 Å². The van der Waals surface area contributed by atoms with E-state index in [1.165, 1.54) is 12.1 Å². The number of nitrogens with zero attached hydrogens (tertiary/aromatic N) is 2. The van der Waals surface area contributed by atoms with E-state index in [0.29, 0.717) is 39.1 Å². The molecule has 1 saturated heterocycles. The summed E-state index contributed by atoms with van der Waals surface area (Å²) in [5.74, 6) is -0.736. The first kappa shape index (κ1) is 16.6. The fourth-order valence-corrected chi connectivity index (χ4v) is 2.64. The number of rotatable bonds is 6. The van der Waals surface area contributed by atoms with Crippen molar-refractivity contribution < 1.29 is 14.3 Å². The number of carbonyl (C=O) groups excluding carboxylic acids is 1. The van der Waals surface area contributed by atoms with Crippen LogP contribution in [0.5, 0.6) is 0 Å². The Kier molecular flexibility index (Phi) is 6.10. The number of aliphatic hydroxyl groups is 1. The third-order valence-electron chi connectivity index (χ3n) is 3.94.